The van der Waals surface area contributed by atoms with Gasteiger partial charge in [0.15, 0.2) is 0 Å². The highest BCUT2D eigenvalue weighted by atomic mass is 32.2. The van der Waals surface area contributed by atoms with Crippen molar-refractivity contribution in [3.8, 4) is 5.69 Å². The summed E-state index contributed by atoms with van der Waals surface area (Å²) in [6.45, 7) is 1.51. The Balaban J connectivity index is 2.26. The summed E-state index contributed by atoms with van der Waals surface area (Å²) in [6.07, 6.45) is 0. The molecule has 0 aliphatic heterocycles. The van der Waals surface area contributed by atoms with Crippen LogP contribution < -0.4 is 5.32 Å². The number of aromatic nitrogens is 4. The highest BCUT2D eigenvalue weighted by Crippen LogP contribution is 2.20. The van der Waals surface area contributed by atoms with Crippen molar-refractivity contribution in [3.05, 3.63) is 24.3 Å². The van der Waals surface area contributed by atoms with E-state index in [9.17, 15) is 4.79 Å². The fourth-order valence-corrected chi connectivity index (χ4v) is 2.12. The first-order valence-corrected chi connectivity index (χ1v) is 6.59. The SMILES string of the molecule is CC(=O)Nc1cccc(-n2nnnc2SCCO)c1. The Kier molecular flexibility index (Phi) is 4.48. The van der Waals surface area contributed by atoms with Crippen LogP contribution >= 0.6 is 11.8 Å². The number of aliphatic hydroxyl groups is 1. The van der Waals surface area contributed by atoms with E-state index < -0.39 is 0 Å². The zero-order chi connectivity index (χ0) is 13.7. The van der Waals surface area contributed by atoms with Crippen molar-refractivity contribution in [2.45, 2.75) is 12.1 Å². The quantitative estimate of drug-likeness (QED) is 0.783. The second-order valence-corrected chi connectivity index (χ2v) is 4.74. The van der Waals surface area contributed by atoms with Crippen molar-refractivity contribution in [1.29, 1.82) is 0 Å². The zero-order valence-electron chi connectivity index (χ0n) is 10.3. The standard InChI is InChI=1S/C11H13N5O2S/c1-8(18)12-9-3-2-4-10(7-9)16-11(13-14-15-16)19-6-5-17/h2-4,7,17H,5-6H2,1H3,(H,12,18). The summed E-state index contributed by atoms with van der Waals surface area (Å²) < 4.78 is 1.56. The van der Waals surface area contributed by atoms with Gasteiger partial charge < -0.3 is 10.4 Å². The third-order valence-corrected chi connectivity index (χ3v) is 3.07. The molecule has 0 saturated heterocycles. The molecule has 0 aliphatic carbocycles. The van der Waals surface area contributed by atoms with Gasteiger partial charge in [-0.25, -0.2) is 0 Å². The molecule has 0 fully saturated rings. The molecule has 0 spiro atoms. The summed E-state index contributed by atoms with van der Waals surface area (Å²) in [5.74, 6) is 0.384. The van der Waals surface area contributed by atoms with E-state index in [4.69, 9.17) is 5.11 Å². The van der Waals surface area contributed by atoms with E-state index in [-0.39, 0.29) is 12.5 Å². The van der Waals surface area contributed by atoms with Crippen molar-refractivity contribution >= 4 is 23.4 Å². The molecule has 0 atom stereocenters. The molecule has 19 heavy (non-hydrogen) atoms. The number of benzene rings is 1. The molecule has 0 saturated carbocycles. The number of aliphatic hydroxyl groups excluding tert-OH is 1. The number of rotatable bonds is 5. The average Bonchev–Trinajstić information content (AvgIpc) is 2.84. The van der Waals surface area contributed by atoms with Crippen molar-refractivity contribution in [1.82, 2.24) is 20.2 Å². The van der Waals surface area contributed by atoms with E-state index in [0.29, 0.717) is 16.6 Å². The van der Waals surface area contributed by atoms with Crippen LogP contribution in [-0.2, 0) is 4.79 Å². The summed E-state index contributed by atoms with van der Waals surface area (Å²) in [7, 11) is 0. The number of nitrogens with one attached hydrogen (secondary N) is 1. The van der Waals surface area contributed by atoms with Crippen LogP contribution in [0.15, 0.2) is 29.4 Å². The van der Waals surface area contributed by atoms with Gasteiger partial charge in [0, 0.05) is 18.4 Å². The summed E-state index contributed by atoms with van der Waals surface area (Å²) in [6, 6.07) is 7.21. The van der Waals surface area contributed by atoms with Crippen LogP contribution in [0.5, 0.6) is 0 Å². The average molecular weight is 279 g/mol. The van der Waals surface area contributed by atoms with Gasteiger partial charge in [0.25, 0.3) is 0 Å². The van der Waals surface area contributed by atoms with Crippen LogP contribution in [0.2, 0.25) is 0 Å². The van der Waals surface area contributed by atoms with Gasteiger partial charge in [0.1, 0.15) is 0 Å². The second kappa shape index (κ2) is 6.30. The van der Waals surface area contributed by atoms with Crippen LogP contribution in [0.1, 0.15) is 6.92 Å². The Hall–Kier alpha value is -1.93. The molecule has 8 heteroatoms. The maximum absolute atomic E-state index is 11.0. The van der Waals surface area contributed by atoms with E-state index in [2.05, 4.69) is 20.8 Å². The Labute approximate surface area is 114 Å². The normalized spacial score (nSPS) is 10.4. The van der Waals surface area contributed by atoms with Crippen LogP contribution in [0.3, 0.4) is 0 Å². The first-order chi connectivity index (χ1) is 9.20. The number of carbonyl (C=O) groups is 1. The Morgan fingerprint density at radius 3 is 3.11 bits per heavy atom. The van der Waals surface area contributed by atoms with Gasteiger partial charge in [-0.15, -0.1) is 5.10 Å². The predicted octanol–water partition coefficient (Wildman–Crippen LogP) is 0.705. The number of carbonyl (C=O) groups excluding carboxylic acids is 1. The summed E-state index contributed by atoms with van der Waals surface area (Å²) in [5.41, 5.74) is 1.43. The third-order valence-electron chi connectivity index (χ3n) is 2.17. The van der Waals surface area contributed by atoms with Crippen LogP contribution in [0.4, 0.5) is 5.69 Å². The number of tetrazole rings is 1. The fourth-order valence-electron chi connectivity index (χ4n) is 1.49. The van der Waals surface area contributed by atoms with E-state index in [1.54, 1.807) is 16.8 Å². The number of anilines is 1. The monoisotopic (exact) mass is 279 g/mol. The first kappa shape index (κ1) is 13.5. The van der Waals surface area contributed by atoms with Gasteiger partial charge in [-0.05, 0) is 28.6 Å². The molecule has 2 N–H and O–H groups in total. The molecule has 0 unspecified atom stereocenters. The molecule has 1 amide bonds. The van der Waals surface area contributed by atoms with Gasteiger partial charge in [-0.1, -0.05) is 17.8 Å². The van der Waals surface area contributed by atoms with Gasteiger partial charge in [-0.3, -0.25) is 4.79 Å². The molecule has 7 nitrogen and oxygen atoms in total. The molecule has 2 aromatic rings. The molecule has 0 bridgehead atoms. The minimum atomic E-state index is -0.135. The molecule has 1 aromatic heterocycles. The highest BCUT2D eigenvalue weighted by Gasteiger charge is 2.09. The molecule has 0 aliphatic rings. The van der Waals surface area contributed by atoms with E-state index in [1.807, 2.05) is 12.1 Å². The number of amides is 1. The minimum absolute atomic E-state index is 0.0590. The Morgan fingerprint density at radius 1 is 1.53 bits per heavy atom. The van der Waals surface area contributed by atoms with Crippen LogP contribution in [0.25, 0.3) is 5.69 Å². The van der Waals surface area contributed by atoms with Gasteiger partial charge in [0.2, 0.25) is 11.1 Å². The largest absolute Gasteiger partial charge is 0.396 e. The number of thioether (sulfide) groups is 1. The predicted molar refractivity (Wildman–Crippen MR) is 71.3 cm³/mol. The lowest BCUT2D eigenvalue weighted by Gasteiger charge is -2.06. The fraction of sp³-hybridized carbons (Fsp3) is 0.273. The summed E-state index contributed by atoms with van der Waals surface area (Å²) >= 11 is 1.36. The van der Waals surface area contributed by atoms with E-state index >= 15 is 0 Å². The molecular weight excluding hydrogens is 266 g/mol. The van der Waals surface area contributed by atoms with Crippen molar-refractivity contribution in [2.24, 2.45) is 0 Å². The summed E-state index contributed by atoms with van der Waals surface area (Å²) in [4.78, 5) is 11.0. The topological polar surface area (TPSA) is 92.9 Å². The Bertz CT molecular complexity index is 572. The van der Waals surface area contributed by atoms with Gasteiger partial charge in [0.05, 0.1) is 12.3 Å². The lowest BCUT2D eigenvalue weighted by molar-refractivity contribution is -0.114. The lowest BCUT2D eigenvalue weighted by atomic mass is 10.3. The molecule has 1 aromatic carbocycles. The highest BCUT2D eigenvalue weighted by molar-refractivity contribution is 7.99. The van der Waals surface area contributed by atoms with Crippen molar-refractivity contribution in [2.75, 3.05) is 17.7 Å². The van der Waals surface area contributed by atoms with Crippen molar-refractivity contribution in [3.63, 3.8) is 0 Å². The number of hydrogen-bond acceptors (Lipinski definition) is 6. The maximum Gasteiger partial charge on any atom is 0.221 e. The second-order valence-electron chi connectivity index (χ2n) is 3.68. The van der Waals surface area contributed by atoms with Gasteiger partial charge in [-0.2, -0.15) is 4.68 Å². The molecular formula is C11H13N5O2S. The lowest BCUT2D eigenvalue weighted by Crippen LogP contribution is -2.07. The Morgan fingerprint density at radius 2 is 2.37 bits per heavy atom. The molecule has 100 valence electrons. The van der Waals surface area contributed by atoms with Crippen LogP contribution in [0, 0.1) is 0 Å². The maximum atomic E-state index is 11.0. The van der Waals surface area contributed by atoms with E-state index in [0.717, 1.165) is 5.69 Å². The molecule has 2 rings (SSSR count). The van der Waals surface area contributed by atoms with Crippen LogP contribution in [-0.4, -0.2) is 43.6 Å². The minimum Gasteiger partial charge on any atom is -0.396 e. The van der Waals surface area contributed by atoms with E-state index in [1.165, 1.54) is 18.7 Å². The zero-order valence-corrected chi connectivity index (χ0v) is 11.1. The van der Waals surface area contributed by atoms with Gasteiger partial charge >= 0.3 is 0 Å². The smallest absolute Gasteiger partial charge is 0.221 e. The summed E-state index contributed by atoms with van der Waals surface area (Å²) in [5, 5.41) is 23.5. The van der Waals surface area contributed by atoms with Crippen molar-refractivity contribution < 1.29 is 9.90 Å². The third kappa shape index (κ3) is 3.52. The molecule has 1 heterocycles. The molecule has 0 radical (unpaired) electrons. The number of hydrogen-bond donors (Lipinski definition) is 2. The first-order valence-electron chi connectivity index (χ1n) is 5.61. The number of nitrogens with zero attached hydrogens (tertiary/aromatic N) is 4.